The van der Waals surface area contributed by atoms with Crippen LogP contribution in [-0.4, -0.2) is 18.5 Å². The summed E-state index contributed by atoms with van der Waals surface area (Å²) in [6.07, 6.45) is 4.91. The van der Waals surface area contributed by atoms with Gasteiger partial charge >= 0.3 is 0 Å². The molecule has 18 heavy (non-hydrogen) atoms. The zero-order chi connectivity index (χ0) is 13.0. The van der Waals surface area contributed by atoms with E-state index in [2.05, 4.69) is 10.6 Å². The number of benzene rings is 1. The van der Waals surface area contributed by atoms with Gasteiger partial charge < -0.3 is 10.6 Å². The molecule has 1 saturated carbocycles. The minimum atomic E-state index is -0.0122. The third-order valence-corrected chi connectivity index (χ3v) is 3.77. The molecule has 98 valence electrons. The predicted molar refractivity (Wildman–Crippen MR) is 75.1 cm³/mol. The van der Waals surface area contributed by atoms with E-state index in [1.165, 1.54) is 25.7 Å². The Kier molecular flexibility index (Phi) is 4.61. The molecule has 4 heteroatoms. The van der Waals surface area contributed by atoms with Crippen LogP contribution in [0.5, 0.6) is 0 Å². The van der Waals surface area contributed by atoms with E-state index in [1.54, 1.807) is 6.07 Å². The quantitative estimate of drug-likeness (QED) is 0.879. The van der Waals surface area contributed by atoms with Gasteiger partial charge in [-0.1, -0.05) is 30.5 Å². The zero-order valence-electron chi connectivity index (χ0n) is 10.6. The van der Waals surface area contributed by atoms with Crippen molar-refractivity contribution in [3.63, 3.8) is 0 Å². The number of amides is 1. The molecular formula is C14H19ClN2O. The zero-order valence-corrected chi connectivity index (χ0v) is 11.4. The second-order valence-corrected chi connectivity index (χ2v) is 5.28. The molecule has 2 N–H and O–H groups in total. The van der Waals surface area contributed by atoms with Crippen LogP contribution in [-0.2, 0) is 4.79 Å². The fourth-order valence-corrected chi connectivity index (χ4v) is 2.42. The fraction of sp³-hybridized carbons (Fsp3) is 0.500. The lowest BCUT2D eigenvalue weighted by atomic mass is 10.2. The molecule has 0 radical (unpaired) electrons. The van der Waals surface area contributed by atoms with E-state index in [0.717, 1.165) is 11.3 Å². The second-order valence-electron chi connectivity index (χ2n) is 4.87. The van der Waals surface area contributed by atoms with Gasteiger partial charge in [0.05, 0.1) is 6.54 Å². The third-order valence-electron chi connectivity index (χ3n) is 3.36. The average molecular weight is 267 g/mol. The summed E-state index contributed by atoms with van der Waals surface area (Å²) in [5.41, 5.74) is 1.77. The van der Waals surface area contributed by atoms with Gasteiger partial charge in [-0.15, -0.1) is 0 Å². The van der Waals surface area contributed by atoms with Gasteiger partial charge in [0.25, 0.3) is 0 Å². The van der Waals surface area contributed by atoms with Gasteiger partial charge in [-0.05, 0) is 37.5 Å². The summed E-state index contributed by atoms with van der Waals surface area (Å²) < 4.78 is 0. The van der Waals surface area contributed by atoms with E-state index in [-0.39, 0.29) is 5.91 Å². The Balaban J connectivity index is 1.80. The van der Waals surface area contributed by atoms with Crippen LogP contribution >= 0.6 is 11.6 Å². The third kappa shape index (κ3) is 3.72. The second kappa shape index (κ2) is 6.21. The molecule has 1 amide bonds. The molecule has 1 aromatic carbocycles. The molecule has 1 aliphatic carbocycles. The largest absolute Gasteiger partial charge is 0.325 e. The molecule has 1 fully saturated rings. The molecule has 1 aromatic rings. The van der Waals surface area contributed by atoms with Crippen molar-refractivity contribution in [1.82, 2.24) is 5.32 Å². The van der Waals surface area contributed by atoms with E-state index in [0.29, 0.717) is 17.6 Å². The lowest BCUT2D eigenvalue weighted by Gasteiger charge is -2.12. The van der Waals surface area contributed by atoms with E-state index < -0.39 is 0 Å². The SMILES string of the molecule is Cc1ccc(NC(=O)CNC2CCCC2)cc1Cl. The van der Waals surface area contributed by atoms with Crippen molar-refractivity contribution in [3.8, 4) is 0 Å². The smallest absolute Gasteiger partial charge is 0.238 e. The Labute approximate surface area is 113 Å². The average Bonchev–Trinajstić information content (AvgIpc) is 2.84. The van der Waals surface area contributed by atoms with Gasteiger partial charge in [-0.3, -0.25) is 4.79 Å². The molecule has 1 aliphatic rings. The van der Waals surface area contributed by atoms with Crippen molar-refractivity contribution in [2.45, 2.75) is 38.6 Å². The maximum absolute atomic E-state index is 11.7. The first-order chi connectivity index (χ1) is 8.65. The summed E-state index contributed by atoms with van der Waals surface area (Å²) in [5.74, 6) is -0.0122. The number of rotatable bonds is 4. The number of carbonyl (C=O) groups is 1. The lowest BCUT2D eigenvalue weighted by molar-refractivity contribution is -0.115. The predicted octanol–water partition coefficient (Wildman–Crippen LogP) is 3.12. The van der Waals surface area contributed by atoms with Crippen LogP contribution in [0.1, 0.15) is 31.2 Å². The summed E-state index contributed by atoms with van der Waals surface area (Å²) in [7, 11) is 0. The highest BCUT2D eigenvalue weighted by atomic mass is 35.5. The minimum absolute atomic E-state index is 0.0122. The summed E-state index contributed by atoms with van der Waals surface area (Å²) in [5, 5.41) is 6.81. The highest BCUT2D eigenvalue weighted by Gasteiger charge is 2.15. The van der Waals surface area contributed by atoms with Gasteiger partial charge in [0.15, 0.2) is 0 Å². The Morgan fingerprint density at radius 1 is 1.39 bits per heavy atom. The molecule has 0 heterocycles. The maximum Gasteiger partial charge on any atom is 0.238 e. The molecule has 0 atom stereocenters. The standard InChI is InChI=1S/C14H19ClN2O/c1-10-6-7-12(8-13(10)15)17-14(18)9-16-11-4-2-3-5-11/h6-8,11,16H,2-5,9H2,1H3,(H,17,18). The van der Waals surface area contributed by atoms with Crippen molar-refractivity contribution >= 4 is 23.2 Å². The number of nitrogens with one attached hydrogen (secondary N) is 2. The first-order valence-electron chi connectivity index (χ1n) is 6.44. The molecule has 0 unspecified atom stereocenters. The summed E-state index contributed by atoms with van der Waals surface area (Å²) in [6.45, 7) is 2.31. The van der Waals surface area contributed by atoms with Crippen LogP contribution in [0.15, 0.2) is 18.2 Å². The molecule has 3 nitrogen and oxygen atoms in total. The van der Waals surface area contributed by atoms with E-state index in [9.17, 15) is 4.79 Å². The van der Waals surface area contributed by atoms with Gasteiger partial charge in [0.1, 0.15) is 0 Å². The van der Waals surface area contributed by atoms with Crippen LogP contribution in [0.2, 0.25) is 5.02 Å². The molecule has 0 bridgehead atoms. The van der Waals surface area contributed by atoms with Crippen molar-refractivity contribution < 1.29 is 4.79 Å². The molecule has 0 saturated heterocycles. The number of hydrogen-bond acceptors (Lipinski definition) is 2. The van der Waals surface area contributed by atoms with Gasteiger partial charge in [0, 0.05) is 16.8 Å². The summed E-state index contributed by atoms with van der Waals surface area (Å²) in [4.78, 5) is 11.7. The molecule has 0 aromatic heterocycles. The Bertz CT molecular complexity index is 428. The molecule has 0 spiro atoms. The number of anilines is 1. The summed E-state index contributed by atoms with van der Waals surface area (Å²) in [6, 6.07) is 6.07. The monoisotopic (exact) mass is 266 g/mol. The van der Waals surface area contributed by atoms with E-state index >= 15 is 0 Å². The number of hydrogen-bond donors (Lipinski definition) is 2. The van der Waals surface area contributed by atoms with E-state index in [4.69, 9.17) is 11.6 Å². The maximum atomic E-state index is 11.7. The molecule has 0 aliphatic heterocycles. The fourth-order valence-electron chi connectivity index (χ4n) is 2.24. The number of aryl methyl sites for hydroxylation is 1. The Morgan fingerprint density at radius 3 is 2.78 bits per heavy atom. The molecular weight excluding hydrogens is 248 g/mol. The first-order valence-corrected chi connectivity index (χ1v) is 6.82. The van der Waals surface area contributed by atoms with E-state index in [1.807, 2.05) is 19.1 Å². The first kappa shape index (κ1) is 13.4. The van der Waals surface area contributed by atoms with Crippen LogP contribution in [0, 0.1) is 6.92 Å². The highest BCUT2D eigenvalue weighted by molar-refractivity contribution is 6.31. The van der Waals surface area contributed by atoms with Crippen molar-refractivity contribution in [1.29, 1.82) is 0 Å². The summed E-state index contributed by atoms with van der Waals surface area (Å²) >= 11 is 6.01. The van der Waals surface area contributed by atoms with Gasteiger partial charge in [-0.2, -0.15) is 0 Å². The molecule has 2 rings (SSSR count). The van der Waals surface area contributed by atoms with Crippen LogP contribution < -0.4 is 10.6 Å². The minimum Gasteiger partial charge on any atom is -0.325 e. The number of carbonyl (C=O) groups excluding carboxylic acids is 1. The van der Waals surface area contributed by atoms with Crippen molar-refractivity contribution in [2.24, 2.45) is 0 Å². The van der Waals surface area contributed by atoms with Crippen LogP contribution in [0.4, 0.5) is 5.69 Å². The van der Waals surface area contributed by atoms with Crippen molar-refractivity contribution in [3.05, 3.63) is 28.8 Å². The number of halogens is 1. The highest BCUT2D eigenvalue weighted by Crippen LogP contribution is 2.20. The lowest BCUT2D eigenvalue weighted by Crippen LogP contribution is -2.34. The van der Waals surface area contributed by atoms with Crippen molar-refractivity contribution in [2.75, 3.05) is 11.9 Å². The van der Waals surface area contributed by atoms with Crippen LogP contribution in [0.25, 0.3) is 0 Å². The van der Waals surface area contributed by atoms with Gasteiger partial charge in [0.2, 0.25) is 5.91 Å². The Hall–Kier alpha value is -1.06. The normalized spacial score (nSPS) is 15.9. The topological polar surface area (TPSA) is 41.1 Å². The Morgan fingerprint density at radius 2 is 2.11 bits per heavy atom. The van der Waals surface area contributed by atoms with Crippen LogP contribution in [0.3, 0.4) is 0 Å². The van der Waals surface area contributed by atoms with Gasteiger partial charge in [-0.25, -0.2) is 0 Å².